The number of nitrogens with one attached hydrogen (secondary N) is 2. The number of aryl methyl sites for hydroxylation is 1. The third-order valence-corrected chi connectivity index (χ3v) is 7.27. The van der Waals surface area contributed by atoms with E-state index in [2.05, 4.69) is 10.0 Å². The Bertz CT molecular complexity index is 1210. The smallest absolute Gasteiger partial charge is 0.293 e. The molecular formula is C21H20ClN3O5S2. The van der Waals surface area contributed by atoms with Crippen LogP contribution in [-0.4, -0.2) is 50.5 Å². The lowest BCUT2D eigenvalue weighted by Crippen LogP contribution is -2.37. The Hall–Kier alpha value is -2.66. The van der Waals surface area contributed by atoms with Crippen LogP contribution in [0.25, 0.3) is 6.08 Å². The van der Waals surface area contributed by atoms with Crippen LogP contribution >= 0.6 is 23.4 Å². The summed E-state index contributed by atoms with van der Waals surface area (Å²) in [5.41, 5.74) is 1.52. The lowest BCUT2D eigenvalue weighted by Gasteiger charge is -2.14. The number of amides is 3. The monoisotopic (exact) mass is 493 g/mol. The van der Waals surface area contributed by atoms with Crippen LogP contribution < -0.4 is 10.0 Å². The number of imide groups is 1. The van der Waals surface area contributed by atoms with Gasteiger partial charge in [0.25, 0.3) is 17.1 Å². The van der Waals surface area contributed by atoms with Crippen LogP contribution in [0, 0.1) is 6.92 Å². The van der Waals surface area contributed by atoms with E-state index in [0.717, 1.165) is 22.2 Å². The van der Waals surface area contributed by atoms with Crippen molar-refractivity contribution < 1.29 is 22.8 Å². The van der Waals surface area contributed by atoms with Crippen molar-refractivity contribution in [2.45, 2.75) is 11.8 Å². The van der Waals surface area contributed by atoms with Gasteiger partial charge in [0, 0.05) is 23.7 Å². The van der Waals surface area contributed by atoms with Crippen LogP contribution in [-0.2, 0) is 14.8 Å². The quantitative estimate of drug-likeness (QED) is 0.573. The normalized spacial score (nSPS) is 15.5. The van der Waals surface area contributed by atoms with Gasteiger partial charge in [-0.3, -0.25) is 19.3 Å². The predicted octanol–water partition coefficient (Wildman–Crippen LogP) is 3.02. The van der Waals surface area contributed by atoms with Crippen LogP contribution in [0.4, 0.5) is 4.79 Å². The molecule has 3 amide bonds. The first kappa shape index (κ1) is 24.0. The Labute approximate surface area is 195 Å². The van der Waals surface area contributed by atoms with Gasteiger partial charge in [0.05, 0.1) is 9.80 Å². The summed E-state index contributed by atoms with van der Waals surface area (Å²) in [6, 6.07) is 11.1. The summed E-state index contributed by atoms with van der Waals surface area (Å²) < 4.78 is 26.2. The Morgan fingerprint density at radius 1 is 1.16 bits per heavy atom. The average Bonchev–Trinajstić information content (AvgIpc) is 3.02. The van der Waals surface area contributed by atoms with Crippen molar-refractivity contribution in [1.82, 2.24) is 14.9 Å². The van der Waals surface area contributed by atoms with E-state index in [-0.39, 0.29) is 28.5 Å². The van der Waals surface area contributed by atoms with Crippen LogP contribution in [0.1, 0.15) is 21.5 Å². The summed E-state index contributed by atoms with van der Waals surface area (Å²) in [5, 5.41) is 2.77. The molecule has 8 nitrogen and oxygen atoms in total. The molecule has 1 aliphatic heterocycles. The van der Waals surface area contributed by atoms with Crippen LogP contribution in [0.15, 0.2) is 52.3 Å². The van der Waals surface area contributed by atoms with Crippen LogP contribution in [0.3, 0.4) is 0 Å². The number of hydrogen-bond donors (Lipinski definition) is 2. The number of carbonyl (C=O) groups is 3. The maximum absolute atomic E-state index is 12.6. The van der Waals surface area contributed by atoms with Crippen molar-refractivity contribution in [3.8, 4) is 0 Å². The topological polar surface area (TPSA) is 113 Å². The van der Waals surface area contributed by atoms with Gasteiger partial charge >= 0.3 is 0 Å². The lowest BCUT2D eigenvalue weighted by atomic mass is 10.1. The molecule has 0 aliphatic carbocycles. The van der Waals surface area contributed by atoms with E-state index >= 15 is 0 Å². The summed E-state index contributed by atoms with van der Waals surface area (Å²) in [6.07, 6.45) is 1.61. The molecule has 2 aromatic carbocycles. The maximum atomic E-state index is 12.6. The Kier molecular flexibility index (Phi) is 7.40. The molecular weight excluding hydrogens is 474 g/mol. The fraction of sp³-hybridized carbons (Fsp3) is 0.190. The number of rotatable bonds is 7. The van der Waals surface area contributed by atoms with E-state index in [9.17, 15) is 22.8 Å². The molecule has 32 heavy (non-hydrogen) atoms. The van der Waals surface area contributed by atoms with Crippen molar-refractivity contribution in [2.24, 2.45) is 0 Å². The highest BCUT2D eigenvalue weighted by Gasteiger charge is 2.34. The molecule has 0 atom stereocenters. The van der Waals surface area contributed by atoms with Gasteiger partial charge in [0.2, 0.25) is 10.0 Å². The van der Waals surface area contributed by atoms with E-state index in [1.807, 2.05) is 0 Å². The molecule has 11 heteroatoms. The Morgan fingerprint density at radius 2 is 1.84 bits per heavy atom. The van der Waals surface area contributed by atoms with Gasteiger partial charge < -0.3 is 5.32 Å². The molecule has 1 fully saturated rings. The van der Waals surface area contributed by atoms with E-state index in [1.165, 1.54) is 25.2 Å². The first-order valence-corrected chi connectivity index (χ1v) is 12.1. The first-order valence-electron chi connectivity index (χ1n) is 9.45. The molecule has 0 spiro atoms. The highest BCUT2D eigenvalue weighted by Crippen LogP contribution is 2.32. The Balaban J connectivity index is 1.65. The third kappa shape index (κ3) is 5.39. The highest BCUT2D eigenvalue weighted by molar-refractivity contribution is 8.18. The van der Waals surface area contributed by atoms with Crippen molar-refractivity contribution in [3.05, 3.63) is 69.1 Å². The van der Waals surface area contributed by atoms with Crippen LogP contribution in [0.2, 0.25) is 5.02 Å². The summed E-state index contributed by atoms with van der Waals surface area (Å²) in [4.78, 5) is 38.7. The maximum Gasteiger partial charge on any atom is 0.293 e. The fourth-order valence-electron chi connectivity index (χ4n) is 2.91. The summed E-state index contributed by atoms with van der Waals surface area (Å²) >= 11 is 6.68. The lowest BCUT2D eigenvalue weighted by molar-refractivity contribution is -0.122. The van der Waals surface area contributed by atoms with Gasteiger partial charge in [0.15, 0.2) is 0 Å². The number of thioether (sulfide) groups is 1. The van der Waals surface area contributed by atoms with Crippen molar-refractivity contribution >= 4 is 56.5 Å². The standard InChI is InChI=1S/C21H20ClN3O5S2/c1-13-3-8-16(32(29,30)23-2)12-17(13)19(26)24-9-10-25-20(27)18(31-21(25)28)11-14-4-6-15(22)7-5-14/h3-8,11-12,23H,9-10H2,1-2H3,(H,24,26). The molecule has 1 aliphatic rings. The van der Waals surface area contributed by atoms with Gasteiger partial charge in [-0.05, 0) is 67.2 Å². The second-order valence-electron chi connectivity index (χ2n) is 6.83. The minimum absolute atomic E-state index is 0.0120. The summed E-state index contributed by atoms with van der Waals surface area (Å²) in [7, 11) is -2.41. The molecule has 2 aromatic rings. The molecule has 1 heterocycles. The van der Waals surface area contributed by atoms with E-state index in [0.29, 0.717) is 10.6 Å². The zero-order valence-corrected chi connectivity index (χ0v) is 19.6. The number of sulfonamides is 1. The van der Waals surface area contributed by atoms with Gasteiger partial charge in [0.1, 0.15) is 0 Å². The summed E-state index contributed by atoms with van der Waals surface area (Å²) in [6.45, 7) is 1.69. The van der Waals surface area contributed by atoms with Crippen molar-refractivity contribution in [1.29, 1.82) is 0 Å². The molecule has 168 valence electrons. The molecule has 0 saturated carbocycles. The fourth-order valence-corrected chi connectivity index (χ4v) is 4.66. The predicted molar refractivity (Wildman–Crippen MR) is 124 cm³/mol. The van der Waals surface area contributed by atoms with E-state index < -0.39 is 27.1 Å². The molecule has 3 rings (SSSR count). The van der Waals surface area contributed by atoms with Crippen molar-refractivity contribution in [3.63, 3.8) is 0 Å². The van der Waals surface area contributed by atoms with Gasteiger partial charge in [-0.1, -0.05) is 29.8 Å². The number of nitrogens with zero attached hydrogens (tertiary/aromatic N) is 1. The van der Waals surface area contributed by atoms with Gasteiger partial charge in [-0.2, -0.15) is 0 Å². The number of hydrogen-bond acceptors (Lipinski definition) is 6. The first-order chi connectivity index (χ1) is 15.1. The molecule has 0 radical (unpaired) electrons. The Morgan fingerprint density at radius 3 is 2.50 bits per heavy atom. The molecule has 0 aromatic heterocycles. The minimum Gasteiger partial charge on any atom is -0.350 e. The second kappa shape index (κ2) is 9.86. The van der Waals surface area contributed by atoms with E-state index in [1.54, 1.807) is 37.3 Å². The molecule has 0 unspecified atom stereocenters. The second-order valence-corrected chi connectivity index (χ2v) is 10.1. The van der Waals surface area contributed by atoms with Gasteiger partial charge in [-0.15, -0.1) is 0 Å². The molecule has 1 saturated heterocycles. The number of benzene rings is 2. The summed E-state index contributed by atoms with van der Waals surface area (Å²) in [5.74, 6) is -0.943. The SMILES string of the molecule is CNS(=O)(=O)c1ccc(C)c(C(=O)NCCN2C(=O)SC(=Cc3ccc(Cl)cc3)C2=O)c1. The average molecular weight is 494 g/mol. The van der Waals surface area contributed by atoms with Gasteiger partial charge in [-0.25, -0.2) is 13.1 Å². The minimum atomic E-state index is -3.70. The third-order valence-electron chi connectivity index (χ3n) is 4.70. The zero-order chi connectivity index (χ0) is 23.5. The highest BCUT2D eigenvalue weighted by atomic mass is 35.5. The number of carbonyl (C=O) groups excluding carboxylic acids is 3. The van der Waals surface area contributed by atoms with Crippen molar-refractivity contribution in [2.75, 3.05) is 20.1 Å². The largest absolute Gasteiger partial charge is 0.350 e. The van der Waals surface area contributed by atoms with Crippen LogP contribution in [0.5, 0.6) is 0 Å². The number of halogens is 1. The molecule has 0 bridgehead atoms. The molecule has 2 N–H and O–H groups in total. The van der Waals surface area contributed by atoms with E-state index in [4.69, 9.17) is 11.6 Å². The zero-order valence-electron chi connectivity index (χ0n) is 17.2.